The molecule has 152 valence electrons. The molecule has 6 heteroatoms. The fraction of sp³-hybridized carbons (Fsp3) is 0.636. The minimum absolute atomic E-state index is 0.137. The summed E-state index contributed by atoms with van der Waals surface area (Å²) in [6.07, 6.45) is 7.87. The lowest BCUT2D eigenvalue weighted by molar-refractivity contribution is -0.127. The second-order valence-electron chi connectivity index (χ2n) is 9.08. The fourth-order valence-electron chi connectivity index (χ4n) is 6.24. The van der Waals surface area contributed by atoms with E-state index in [4.69, 9.17) is 15.2 Å². The summed E-state index contributed by atoms with van der Waals surface area (Å²) in [5, 5.41) is 3.17. The first-order valence-corrected chi connectivity index (χ1v) is 10.3. The van der Waals surface area contributed by atoms with Crippen LogP contribution < -0.4 is 20.5 Å². The number of methoxy groups -OCH3 is 1. The van der Waals surface area contributed by atoms with Crippen molar-refractivity contribution in [3.05, 3.63) is 23.8 Å². The summed E-state index contributed by atoms with van der Waals surface area (Å²) >= 11 is 0. The summed E-state index contributed by atoms with van der Waals surface area (Å²) < 4.78 is 10.8. The summed E-state index contributed by atoms with van der Waals surface area (Å²) in [6.45, 7) is 2.00. The number of carbonyl (C=O) groups excluding carboxylic acids is 2. The minimum Gasteiger partial charge on any atom is -0.497 e. The van der Waals surface area contributed by atoms with Crippen LogP contribution in [0.15, 0.2) is 18.2 Å². The van der Waals surface area contributed by atoms with Gasteiger partial charge in [0.2, 0.25) is 0 Å². The Morgan fingerprint density at radius 3 is 2.32 bits per heavy atom. The third-order valence-corrected chi connectivity index (χ3v) is 7.19. The van der Waals surface area contributed by atoms with E-state index >= 15 is 0 Å². The molecule has 2 amide bonds. The van der Waals surface area contributed by atoms with Crippen molar-refractivity contribution in [1.29, 1.82) is 0 Å². The van der Waals surface area contributed by atoms with Gasteiger partial charge >= 0.3 is 0 Å². The Morgan fingerprint density at radius 2 is 1.79 bits per heavy atom. The van der Waals surface area contributed by atoms with Gasteiger partial charge in [-0.15, -0.1) is 0 Å². The standard InChI is InChI=1S/C22H30N2O4/c1-13(22-9-14-5-15(10-22)7-16(6-14)11-22)24-20(25)12-28-19-8-17(27-2)3-4-18(19)21(23)26/h3-4,8,13-16H,5-7,9-12H2,1-2H3,(H2,23,26)(H,24,25). The molecule has 0 heterocycles. The Hall–Kier alpha value is -2.24. The molecule has 4 aliphatic rings. The van der Waals surface area contributed by atoms with Crippen molar-refractivity contribution in [2.75, 3.05) is 13.7 Å². The molecular weight excluding hydrogens is 356 g/mol. The van der Waals surface area contributed by atoms with Crippen LogP contribution >= 0.6 is 0 Å². The quantitative estimate of drug-likeness (QED) is 0.754. The van der Waals surface area contributed by atoms with Crippen molar-refractivity contribution in [3.63, 3.8) is 0 Å². The Labute approximate surface area is 166 Å². The molecule has 0 radical (unpaired) electrons. The number of primary amides is 1. The summed E-state index contributed by atoms with van der Waals surface area (Å²) in [7, 11) is 1.53. The largest absolute Gasteiger partial charge is 0.497 e. The lowest BCUT2D eigenvalue weighted by atomic mass is 9.48. The van der Waals surface area contributed by atoms with Crippen LogP contribution in [-0.2, 0) is 4.79 Å². The van der Waals surface area contributed by atoms with Crippen molar-refractivity contribution in [1.82, 2.24) is 5.32 Å². The van der Waals surface area contributed by atoms with Crippen LogP contribution in [0.5, 0.6) is 11.5 Å². The van der Waals surface area contributed by atoms with Crippen molar-refractivity contribution in [2.24, 2.45) is 28.9 Å². The molecule has 1 aromatic carbocycles. The number of nitrogens with one attached hydrogen (secondary N) is 1. The average molecular weight is 386 g/mol. The molecule has 1 aromatic rings. The van der Waals surface area contributed by atoms with Crippen LogP contribution in [0.3, 0.4) is 0 Å². The molecule has 6 nitrogen and oxygen atoms in total. The van der Waals surface area contributed by atoms with Gasteiger partial charge in [0, 0.05) is 12.1 Å². The number of nitrogens with two attached hydrogens (primary N) is 1. The molecule has 3 N–H and O–H groups in total. The van der Waals surface area contributed by atoms with Gasteiger partial charge < -0.3 is 20.5 Å². The molecular formula is C22H30N2O4. The third kappa shape index (κ3) is 3.56. The average Bonchev–Trinajstić information content (AvgIpc) is 2.64. The first kappa shape index (κ1) is 19.1. The van der Waals surface area contributed by atoms with Gasteiger partial charge in [-0.25, -0.2) is 0 Å². The van der Waals surface area contributed by atoms with Crippen LogP contribution in [0.4, 0.5) is 0 Å². The van der Waals surface area contributed by atoms with Gasteiger partial charge in [-0.2, -0.15) is 0 Å². The highest BCUT2D eigenvalue weighted by atomic mass is 16.5. The van der Waals surface area contributed by atoms with Crippen molar-refractivity contribution >= 4 is 11.8 Å². The number of hydrogen-bond acceptors (Lipinski definition) is 4. The predicted octanol–water partition coefficient (Wildman–Crippen LogP) is 2.89. The second-order valence-corrected chi connectivity index (χ2v) is 9.08. The zero-order valence-electron chi connectivity index (χ0n) is 16.7. The zero-order valence-corrected chi connectivity index (χ0v) is 16.7. The molecule has 0 aliphatic heterocycles. The van der Waals surface area contributed by atoms with Gasteiger partial charge in [0.1, 0.15) is 11.5 Å². The van der Waals surface area contributed by atoms with Crippen LogP contribution in [-0.4, -0.2) is 31.6 Å². The van der Waals surface area contributed by atoms with Crippen LogP contribution in [0.1, 0.15) is 55.8 Å². The van der Waals surface area contributed by atoms with Gasteiger partial charge in [-0.3, -0.25) is 9.59 Å². The van der Waals surface area contributed by atoms with Gasteiger partial charge in [-0.1, -0.05) is 0 Å². The number of hydrogen-bond donors (Lipinski definition) is 2. The summed E-state index contributed by atoms with van der Waals surface area (Å²) in [5.74, 6) is 2.58. The normalized spacial score (nSPS) is 31.3. The van der Waals surface area contributed by atoms with E-state index in [1.54, 1.807) is 18.2 Å². The van der Waals surface area contributed by atoms with Crippen LogP contribution in [0.25, 0.3) is 0 Å². The Balaban J connectivity index is 1.38. The molecule has 0 aromatic heterocycles. The summed E-state index contributed by atoms with van der Waals surface area (Å²) in [6, 6.07) is 4.91. The molecule has 0 spiro atoms. The Kier molecular flexibility index (Phi) is 4.98. The number of rotatable bonds is 7. The van der Waals surface area contributed by atoms with Gasteiger partial charge in [0.05, 0.1) is 12.7 Å². The fourth-order valence-corrected chi connectivity index (χ4v) is 6.24. The Morgan fingerprint density at radius 1 is 1.18 bits per heavy atom. The SMILES string of the molecule is COc1ccc(C(N)=O)c(OCC(=O)NC(C)C23CC4CC(CC(C4)C2)C3)c1. The first-order chi connectivity index (χ1) is 13.4. The van der Waals surface area contributed by atoms with E-state index in [-0.39, 0.29) is 35.3 Å². The van der Waals surface area contributed by atoms with E-state index in [1.165, 1.54) is 45.6 Å². The topological polar surface area (TPSA) is 90.7 Å². The maximum Gasteiger partial charge on any atom is 0.258 e. The van der Waals surface area contributed by atoms with Crippen molar-refractivity contribution in [3.8, 4) is 11.5 Å². The molecule has 4 fully saturated rings. The highest BCUT2D eigenvalue weighted by Gasteiger charge is 2.53. The molecule has 28 heavy (non-hydrogen) atoms. The molecule has 0 saturated heterocycles. The van der Waals surface area contributed by atoms with E-state index in [2.05, 4.69) is 12.2 Å². The van der Waals surface area contributed by atoms with Gasteiger partial charge in [0.15, 0.2) is 6.61 Å². The van der Waals surface area contributed by atoms with Gasteiger partial charge in [-0.05, 0) is 80.8 Å². The second kappa shape index (κ2) is 7.30. The van der Waals surface area contributed by atoms with E-state index in [1.807, 2.05) is 0 Å². The maximum absolute atomic E-state index is 12.6. The lowest BCUT2D eigenvalue weighted by Crippen LogP contribution is -2.56. The van der Waals surface area contributed by atoms with E-state index < -0.39 is 5.91 Å². The van der Waals surface area contributed by atoms with Gasteiger partial charge in [0.25, 0.3) is 11.8 Å². The smallest absolute Gasteiger partial charge is 0.258 e. The highest BCUT2D eigenvalue weighted by Crippen LogP contribution is 2.61. The molecule has 4 aliphatic carbocycles. The van der Waals surface area contributed by atoms with Crippen LogP contribution in [0.2, 0.25) is 0 Å². The maximum atomic E-state index is 12.6. The van der Waals surface area contributed by atoms with E-state index in [0.29, 0.717) is 5.75 Å². The summed E-state index contributed by atoms with van der Waals surface area (Å²) in [4.78, 5) is 24.2. The van der Waals surface area contributed by atoms with Crippen LogP contribution in [0, 0.1) is 23.2 Å². The number of amides is 2. The molecule has 1 atom stereocenters. The monoisotopic (exact) mass is 386 g/mol. The lowest BCUT2D eigenvalue weighted by Gasteiger charge is -2.59. The zero-order chi connectivity index (χ0) is 19.9. The predicted molar refractivity (Wildman–Crippen MR) is 105 cm³/mol. The highest BCUT2D eigenvalue weighted by molar-refractivity contribution is 5.96. The van der Waals surface area contributed by atoms with E-state index in [0.717, 1.165) is 17.8 Å². The number of carbonyl (C=O) groups is 2. The summed E-state index contributed by atoms with van der Waals surface area (Å²) in [5.41, 5.74) is 5.89. The third-order valence-electron chi connectivity index (χ3n) is 7.19. The van der Waals surface area contributed by atoms with Crippen molar-refractivity contribution < 1.29 is 19.1 Å². The minimum atomic E-state index is -0.597. The number of benzene rings is 1. The molecule has 1 unspecified atom stereocenters. The first-order valence-electron chi connectivity index (χ1n) is 10.3. The van der Waals surface area contributed by atoms with E-state index in [9.17, 15) is 9.59 Å². The number of ether oxygens (including phenoxy) is 2. The molecule has 5 rings (SSSR count). The molecule has 4 bridgehead atoms. The molecule has 4 saturated carbocycles. The van der Waals surface area contributed by atoms with Crippen molar-refractivity contribution in [2.45, 2.75) is 51.5 Å². The Bertz CT molecular complexity index is 741.